The first-order valence-electron chi connectivity index (χ1n) is 10.1. The average molecular weight is 489 g/mol. The van der Waals surface area contributed by atoms with Crippen LogP contribution in [0.4, 0.5) is 23.2 Å². The lowest BCUT2D eigenvalue weighted by Gasteiger charge is -2.14. The summed E-state index contributed by atoms with van der Waals surface area (Å²) in [4.78, 5) is 30.2. The molecule has 0 bridgehead atoms. The largest absolute Gasteiger partial charge is 0.416 e. The van der Waals surface area contributed by atoms with Gasteiger partial charge in [-0.3, -0.25) is 14.2 Å². The molecule has 3 heterocycles. The summed E-state index contributed by atoms with van der Waals surface area (Å²) in [5, 5.41) is 7.46. The van der Waals surface area contributed by atoms with Crippen LogP contribution in [0.3, 0.4) is 0 Å². The number of alkyl halides is 3. The molecule has 0 saturated heterocycles. The summed E-state index contributed by atoms with van der Waals surface area (Å²) in [5.74, 6) is -0.409. The molecule has 0 fully saturated rings. The van der Waals surface area contributed by atoms with Crippen molar-refractivity contribution < 1.29 is 22.4 Å². The van der Waals surface area contributed by atoms with E-state index >= 15 is 0 Å². The van der Waals surface area contributed by atoms with Crippen molar-refractivity contribution in [2.75, 3.05) is 11.1 Å². The molecule has 2 aromatic carbocycles. The Hall–Kier alpha value is -3.67. The topological polar surface area (TPSA) is 81.8 Å². The van der Waals surface area contributed by atoms with E-state index in [1.54, 1.807) is 0 Å². The first-order valence-corrected chi connectivity index (χ1v) is 11.1. The Morgan fingerprint density at radius 2 is 1.82 bits per heavy atom. The fourth-order valence-electron chi connectivity index (χ4n) is 3.72. The number of carbonyl (C=O) groups is 1. The number of hydrogen-bond donors (Lipinski definition) is 1. The molecule has 0 saturated carbocycles. The molecule has 5 rings (SSSR count). The van der Waals surface area contributed by atoms with Gasteiger partial charge in [-0.2, -0.15) is 18.3 Å². The quantitative estimate of drug-likeness (QED) is 0.339. The normalized spacial score (nSPS) is 15.5. The fraction of sp³-hybridized carbons (Fsp3) is 0.182. The number of amides is 1. The van der Waals surface area contributed by atoms with Crippen molar-refractivity contribution in [2.24, 2.45) is 0 Å². The van der Waals surface area contributed by atoms with Gasteiger partial charge in [-0.15, -0.1) is 0 Å². The van der Waals surface area contributed by atoms with Crippen molar-refractivity contribution in [3.05, 3.63) is 76.5 Å². The van der Waals surface area contributed by atoms with Crippen LogP contribution < -0.4 is 10.9 Å². The number of rotatable bonds is 4. The van der Waals surface area contributed by atoms with Crippen molar-refractivity contribution in [3.8, 4) is 5.69 Å². The second-order valence-electron chi connectivity index (χ2n) is 7.63. The van der Waals surface area contributed by atoms with E-state index in [4.69, 9.17) is 0 Å². The zero-order valence-electron chi connectivity index (χ0n) is 17.2. The third kappa shape index (κ3) is 4.04. The van der Waals surface area contributed by atoms with Gasteiger partial charge in [0.15, 0.2) is 10.8 Å². The van der Waals surface area contributed by atoms with Gasteiger partial charge in [-0.05, 0) is 48.5 Å². The van der Waals surface area contributed by atoms with E-state index in [9.17, 15) is 27.2 Å². The molecule has 12 heteroatoms. The van der Waals surface area contributed by atoms with Gasteiger partial charge in [0, 0.05) is 17.9 Å². The van der Waals surface area contributed by atoms with Gasteiger partial charge in [0.1, 0.15) is 11.2 Å². The highest BCUT2D eigenvalue weighted by atomic mass is 32.2. The maximum absolute atomic E-state index is 13.3. The molecule has 1 aliphatic heterocycles. The first-order chi connectivity index (χ1) is 16.2. The Morgan fingerprint density at radius 1 is 1.12 bits per heavy atom. The van der Waals surface area contributed by atoms with E-state index in [1.165, 1.54) is 63.6 Å². The summed E-state index contributed by atoms with van der Waals surface area (Å²) in [7, 11) is 0. The molecule has 0 aliphatic carbocycles. The summed E-state index contributed by atoms with van der Waals surface area (Å²) in [6.07, 6.45) is -3.14. The van der Waals surface area contributed by atoms with Gasteiger partial charge in [-0.25, -0.2) is 14.1 Å². The molecule has 7 nitrogen and oxygen atoms in total. The van der Waals surface area contributed by atoms with Crippen molar-refractivity contribution in [1.82, 2.24) is 19.3 Å². The minimum atomic E-state index is -4.46. The van der Waals surface area contributed by atoms with Crippen molar-refractivity contribution >= 4 is 34.4 Å². The minimum Gasteiger partial charge on any atom is -0.326 e. The van der Waals surface area contributed by atoms with Crippen molar-refractivity contribution in [3.63, 3.8) is 0 Å². The minimum absolute atomic E-state index is 0.0553. The molecular weight excluding hydrogens is 474 g/mol. The van der Waals surface area contributed by atoms with Gasteiger partial charge in [-0.1, -0.05) is 11.8 Å². The Balaban J connectivity index is 1.37. The molecule has 1 N–H and O–H groups in total. The highest BCUT2D eigenvalue weighted by Gasteiger charge is 2.31. The van der Waals surface area contributed by atoms with Crippen LogP contribution in [-0.2, 0) is 11.0 Å². The Bertz CT molecular complexity index is 1450. The number of aromatic nitrogens is 4. The lowest BCUT2D eigenvalue weighted by Crippen LogP contribution is -2.27. The van der Waals surface area contributed by atoms with Crippen LogP contribution in [-0.4, -0.2) is 31.0 Å². The smallest absolute Gasteiger partial charge is 0.326 e. The van der Waals surface area contributed by atoms with Gasteiger partial charge in [0.05, 0.1) is 23.5 Å². The third-order valence-corrected chi connectivity index (χ3v) is 6.46. The number of nitrogens with one attached hydrogen (secondary N) is 1. The number of carbonyl (C=O) groups excluding carboxylic acids is 1. The molecule has 2 aromatic heterocycles. The number of halogens is 4. The maximum Gasteiger partial charge on any atom is 0.416 e. The summed E-state index contributed by atoms with van der Waals surface area (Å²) >= 11 is 1.31. The molecule has 174 valence electrons. The van der Waals surface area contributed by atoms with Crippen LogP contribution in [0.15, 0.2) is 64.7 Å². The predicted octanol–water partition coefficient (Wildman–Crippen LogP) is 4.42. The zero-order chi connectivity index (χ0) is 24.0. The van der Waals surface area contributed by atoms with Crippen LogP contribution in [0, 0.1) is 5.82 Å². The van der Waals surface area contributed by atoms with E-state index in [-0.39, 0.29) is 23.1 Å². The van der Waals surface area contributed by atoms with E-state index in [0.29, 0.717) is 22.2 Å². The number of thioether (sulfide) groups is 1. The number of hydrogen-bond acceptors (Lipinski definition) is 5. The Kier molecular flexibility index (Phi) is 5.39. The van der Waals surface area contributed by atoms with Crippen LogP contribution in [0.5, 0.6) is 0 Å². The van der Waals surface area contributed by atoms with E-state index in [1.807, 2.05) is 0 Å². The predicted molar refractivity (Wildman–Crippen MR) is 118 cm³/mol. The van der Waals surface area contributed by atoms with Crippen molar-refractivity contribution in [1.29, 1.82) is 0 Å². The second kappa shape index (κ2) is 8.28. The molecular formula is C22H15F4N5O2S. The van der Waals surface area contributed by atoms with Crippen LogP contribution in [0.25, 0.3) is 16.7 Å². The molecule has 34 heavy (non-hydrogen) atoms. The second-order valence-corrected chi connectivity index (χ2v) is 8.62. The van der Waals surface area contributed by atoms with E-state index in [0.717, 1.165) is 12.1 Å². The Morgan fingerprint density at radius 3 is 2.50 bits per heavy atom. The molecule has 1 atom stereocenters. The number of anilines is 1. The summed E-state index contributed by atoms with van der Waals surface area (Å²) in [6.45, 7) is 0. The summed E-state index contributed by atoms with van der Waals surface area (Å²) in [6, 6.07) is 9.27. The van der Waals surface area contributed by atoms with Crippen molar-refractivity contribution in [2.45, 2.75) is 23.8 Å². The zero-order valence-corrected chi connectivity index (χ0v) is 18.0. The summed E-state index contributed by atoms with van der Waals surface area (Å²) < 4.78 is 54.3. The molecule has 1 amide bonds. The highest BCUT2D eigenvalue weighted by molar-refractivity contribution is 7.99. The van der Waals surface area contributed by atoms with Gasteiger partial charge >= 0.3 is 6.18 Å². The standard InChI is InChI=1S/C22H15F4N5O2S/c23-13-3-7-15(8-4-13)31-19-17(10-27-31)20(33)30-16(11-34-21(30)29-19)9-18(32)28-14-5-1-12(2-6-14)22(24,25)26/h1-8,10,16H,9,11H2,(H,28,32). The van der Waals surface area contributed by atoms with Gasteiger partial charge in [0.2, 0.25) is 5.91 Å². The van der Waals surface area contributed by atoms with Crippen LogP contribution in [0.1, 0.15) is 18.0 Å². The van der Waals surface area contributed by atoms with Crippen LogP contribution in [0.2, 0.25) is 0 Å². The molecule has 0 spiro atoms. The number of nitrogens with zero attached hydrogens (tertiary/aromatic N) is 4. The van der Waals surface area contributed by atoms with Gasteiger partial charge < -0.3 is 5.32 Å². The van der Waals surface area contributed by atoms with Crippen LogP contribution >= 0.6 is 11.8 Å². The average Bonchev–Trinajstić information content (AvgIpc) is 3.39. The van der Waals surface area contributed by atoms with Gasteiger partial charge in [0.25, 0.3) is 5.56 Å². The lowest BCUT2D eigenvalue weighted by atomic mass is 10.2. The monoisotopic (exact) mass is 489 g/mol. The molecule has 0 radical (unpaired) electrons. The fourth-order valence-corrected chi connectivity index (χ4v) is 4.85. The van der Waals surface area contributed by atoms with E-state index < -0.39 is 29.5 Å². The molecule has 1 unspecified atom stereocenters. The third-order valence-electron chi connectivity index (χ3n) is 5.36. The summed E-state index contributed by atoms with van der Waals surface area (Å²) in [5.41, 5.74) is -0.0700. The highest BCUT2D eigenvalue weighted by Crippen LogP contribution is 2.34. The first kappa shape index (κ1) is 22.1. The molecule has 4 aromatic rings. The number of fused-ring (bicyclic) bond motifs is 2. The maximum atomic E-state index is 13.3. The SMILES string of the molecule is O=C(CC1CSc2nc3c(cnn3-c3ccc(F)cc3)c(=O)n21)Nc1ccc(C(F)(F)F)cc1. The lowest BCUT2D eigenvalue weighted by molar-refractivity contribution is -0.137. The number of benzene rings is 2. The Labute approximate surface area is 193 Å². The molecule has 1 aliphatic rings. The van der Waals surface area contributed by atoms with E-state index in [2.05, 4.69) is 15.4 Å².